The van der Waals surface area contributed by atoms with Gasteiger partial charge in [-0.05, 0) is 64.2 Å². The molecule has 0 aromatic carbocycles. The molecule has 54 heavy (non-hydrogen) atoms. The van der Waals surface area contributed by atoms with Crippen molar-refractivity contribution in [3.8, 4) is 0 Å². The summed E-state index contributed by atoms with van der Waals surface area (Å²) in [5, 5.41) is 11.6. The molecular formula is C46H85NO7. The van der Waals surface area contributed by atoms with Gasteiger partial charge < -0.3 is 28.6 Å². The second-order valence-corrected chi connectivity index (χ2v) is 16.3. The van der Waals surface area contributed by atoms with E-state index < -0.39 is 18.1 Å². The standard InChI is InChI=1S/C46H85NO7/c1-6-8-10-12-14-16-18-20-21-22-23-25-27-29-31-33-35-37-45(49)54-42(40-52-39-38-43(46(50)51)47(3,4)5)41-53-44(48)36-34-32-30-28-26-24-19-17-15-13-11-9-7-2/h20-21,24,26,42-43H,6-19,22-23,25,27-41H2,1-5H3/b21-20+,26-24+. The third kappa shape index (κ3) is 35.5. The molecule has 0 amide bonds. The van der Waals surface area contributed by atoms with Gasteiger partial charge in [0.05, 0.1) is 40.3 Å². The number of quaternary nitrogens is 1. The summed E-state index contributed by atoms with van der Waals surface area (Å²) in [6.07, 6.45) is 40.5. The van der Waals surface area contributed by atoms with Crippen molar-refractivity contribution < 1.29 is 38.2 Å². The molecule has 316 valence electrons. The summed E-state index contributed by atoms with van der Waals surface area (Å²) in [5.41, 5.74) is 0. The van der Waals surface area contributed by atoms with Gasteiger partial charge in [0, 0.05) is 19.3 Å². The van der Waals surface area contributed by atoms with Crippen LogP contribution in [0.5, 0.6) is 0 Å². The predicted octanol–water partition coefficient (Wildman–Crippen LogP) is 10.7. The van der Waals surface area contributed by atoms with Crippen molar-refractivity contribution in [2.45, 2.75) is 212 Å². The summed E-state index contributed by atoms with van der Waals surface area (Å²) < 4.78 is 17.1. The van der Waals surface area contributed by atoms with Crippen LogP contribution in [0.15, 0.2) is 24.3 Å². The van der Waals surface area contributed by atoms with Crippen molar-refractivity contribution >= 4 is 17.9 Å². The number of esters is 2. The molecule has 0 N–H and O–H groups in total. The van der Waals surface area contributed by atoms with Crippen LogP contribution < -0.4 is 5.11 Å². The average Bonchev–Trinajstić information content (AvgIpc) is 3.12. The SMILES string of the molecule is CCCCCCCC/C=C/CCCCCCCCCC(=O)OC(COCCC(C(=O)[O-])[N+](C)(C)C)COC(=O)CCCCC/C=C/CCCCCCCC. The van der Waals surface area contributed by atoms with Gasteiger partial charge in [0.15, 0.2) is 6.10 Å². The predicted molar refractivity (Wildman–Crippen MR) is 222 cm³/mol. The number of carboxylic acids is 1. The molecule has 0 saturated carbocycles. The largest absolute Gasteiger partial charge is 0.544 e. The topological polar surface area (TPSA) is 102 Å². The highest BCUT2D eigenvalue weighted by Gasteiger charge is 2.25. The zero-order valence-corrected chi connectivity index (χ0v) is 35.9. The normalized spacial score (nSPS) is 13.1. The van der Waals surface area contributed by atoms with Crippen LogP contribution in [-0.4, -0.2) is 75.5 Å². The minimum Gasteiger partial charge on any atom is -0.544 e. The highest BCUT2D eigenvalue weighted by Crippen LogP contribution is 2.14. The van der Waals surface area contributed by atoms with E-state index in [-0.39, 0.29) is 42.7 Å². The molecule has 0 saturated heterocycles. The van der Waals surface area contributed by atoms with Gasteiger partial charge in [-0.25, -0.2) is 0 Å². The highest BCUT2D eigenvalue weighted by molar-refractivity contribution is 5.70. The first-order chi connectivity index (χ1) is 26.1. The van der Waals surface area contributed by atoms with E-state index in [1.54, 1.807) is 21.1 Å². The van der Waals surface area contributed by atoms with Crippen molar-refractivity contribution in [3.05, 3.63) is 24.3 Å². The zero-order valence-electron chi connectivity index (χ0n) is 35.9. The molecule has 0 aromatic rings. The Labute approximate surface area is 332 Å². The van der Waals surface area contributed by atoms with Gasteiger partial charge in [-0.15, -0.1) is 0 Å². The molecule has 0 aliphatic rings. The fraction of sp³-hybridized carbons (Fsp3) is 0.848. The van der Waals surface area contributed by atoms with Crippen LogP contribution >= 0.6 is 0 Å². The molecule has 0 radical (unpaired) electrons. The van der Waals surface area contributed by atoms with E-state index in [1.807, 2.05) is 0 Å². The lowest BCUT2D eigenvalue weighted by molar-refractivity contribution is -0.889. The highest BCUT2D eigenvalue weighted by atomic mass is 16.6. The van der Waals surface area contributed by atoms with Crippen LogP contribution in [0.25, 0.3) is 0 Å². The minimum atomic E-state index is -1.13. The molecule has 0 fully saturated rings. The summed E-state index contributed by atoms with van der Waals surface area (Å²) in [7, 11) is 5.40. The summed E-state index contributed by atoms with van der Waals surface area (Å²) >= 11 is 0. The van der Waals surface area contributed by atoms with E-state index in [4.69, 9.17) is 14.2 Å². The smallest absolute Gasteiger partial charge is 0.306 e. The Hall–Kier alpha value is -2.19. The van der Waals surface area contributed by atoms with Crippen molar-refractivity contribution in [1.29, 1.82) is 0 Å². The number of rotatable bonds is 40. The number of nitrogens with zero attached hydrogens (tertiary/aromatic N) is 1. The monoisotopic (exact) mass is 764 g/mol. The second kappa shape index (κ2) is 37.7. The van der Waals surface area contributed by atoms with E-state index in [9.17, 15) is 19.5 Å². The Morgan fingerprint density at radius 2 is 0.926 bits per heavy atom. The van der Waals surface area contributed by atoms with Crippen molar-refractivity contribution in [1.82, 2.24) is 0 Å². The van der Waals surface area contributed by atoms with E-state index in [0.717, 1.165) is 51.4 Å². The number of hydrogen-bond acceptors (Lipinski definition) is 7. The van der Waals surface area contributed by atoms with E-state index in [2.05, 4.69) is 38.2 Å². The summed E-state index contributed by atoms with van der Waals surface area (Å²) in [4.78, 5) is 36.8. The Balaban J connectivity index is 4.35. The second-order valence-electron chi connectivity index (χ2n) is 16.3. The first kappa shape index (κ1) is 51.8. The molecule has 0 aromatic heterocycles. The van der Waals surface area contributed by atoms with Gasteiger partial charge >= 0.3 is 11.9 Å². The summed E-state index contributed by atoms with van der Waals surface area (Å²) in [5.74, 6) is -1.75. The molecule has 0 spiro atoms. The molecular weight excluding hydrogens is 679 g/mol. The maximum atomic E-state index is 12.7. The Morgan fingerprint density at radius 1 is 0.537 bits per heavy atom. The molecule has 0 aliphatic carbocycles. The number of carboxylic acid groups (broad SMARTS) is 1. The average molecular weight is 764 g/mol. The number of carbonyl (C=O) groups excluding carboxylic acids is 3. The Bertz CT molecular complexity index is 942. The number of allylic oxidation sites excluding steroid dienone is 4. The fourth-order valence-electron chi connectivity index (χ4n) is 6.53. The molecule has 0 heterocycles. The number of ether oxygens (including phenoxy) is 3. The van der Waals surface area contributed by atoms with Gasteiger partial charge in [0.2, 0.25) is 0 Å². The van der Waals surface area contributed by atoms with Gasteiger partial charge in [-0.2, -0.15) is 0 Å². The lowest BCUT2D eigenvalue weighted by Crippen LogP contribution is -2.55. The first-order valence-corrected chi connectivity index (χ1v) is 22.4. The van der Waals surface area contributed by atoms with Crippen LogP contribution in [0.4, 0.5) is 0 Å². The number of unbranched alkanes of at least 4 members (excludes halogenated alkanes) is 22. The van der Waals surface area contributed by atoms with Gasteiger partial charge in [-0.1, -0.05) is 141 Å². The van der Waals surface area contributed by atoms with Crippen LogP contribution in [0, 0.1) is 0 Å². The number of aliphatic carboxylic acids is 1. The molecule has 2 atom stereocenters. The quantitative estimate of drug-likeness (QED) is 0.0265. The van der Waals surface area contributed by atoms with Crippen LogP contribution in [-0.2, 0) is 28.6 Å². The van der Waals surface area contributed by atoms with Crippen LogP contribution in [0.3, 0.4) is 0 Å². The lowest BCUT2D eigenvalue weighted by atomic mass is 10.1. The molecule has 2 unspecified atom stereocenters. The third-order valence-electron chi connectivity index (χ3n) is 10.1. The van der Waals surface area contributed by atoms with Gasteiger partial charge in [0.1, 0.15) is 12.6 Å². The molecule has 0 rings (SSSR count). The summed E-state index contributed by atoms with van der Waals surface area (Å²) in [6, 6.07) is -0.726. The molecule has 8 heteroatoms. The van der Waals surface area contributed by atoms with Crippen LogP contribution in [0.1, 0.15) is 200 Å². The lowest BCUT2D eigenvalue weighted by Gasteiger charge is -2.34. The van der Waals surface area contributed by atoms with E-state index in [0.29, 0.717) is 12.8 Å². The van der Waals surface area contributed by atoms with Gasteiger partial charge in [-0.3, -0.25) is 9.59 Å². The zero-order chi connectivity index (χ0) is 40.0. The maximum absolute atomic E-state index is 12.7. The molecule has 0 aliphatic heterocycles. The molecule has 8 nitrogen and oxygen atoms in total. The third-order valence-corrected chi connectivity index (χ3v) is 10.1. The van der Waals surface area contributed by atoms with E-state index >= 15 is 0 Å². The van der Waals surface area contributed by atoms with Crippen LogP contribution in [0.2, 0.25) is 0 Å². The van der Waals surface area contributed by atoms with E-state index in [1.165, 1.54) is 116 Å². The Kier molecular flexibility index (Phi) is 36.2. The fourth-order valence-corrected chi connectivity index (χ4v) is 6.53. The molecule has 0 bridgehead atoms. The van der Waals surface area contributed by atoms with Crippen molar-refractivity contribution in [3.63, 3.8) is 0 Å². The van der Waals surface area contributed by atoms with Gasteiger partial charge in [0.25, 0.3) is 0 Å². The number of carbonyl (C=O) groups is 3. The van der Waals surface area contributed by atoms with Crippen molar-refractivity contribution in [2.24, 2.45) is 0 Å². The summed E-state index contributed by atoms with van der Waals surface area (Å²) in [6.45, 7) is 4.64. The number of hydrogen-bond donors (Lipinski definition) is 0. The first-order valence-electron chi connectivity index (χ1n) is 22.4. The minimum absolute atomic E-state index is 0.0369. The maximum Gasteiger partial charge on any atom is 0.306 e. The Morgan fingerprint density at radius 3 is 1.35 bits per heavy atom. The van der Waals surface area contributed by atoms with Crippen molar-refractivity contribution in [2.75, 3.05) is 41.0 Å². The number of likely N-dealkylation sites (N-methyl/N-ethyl adjacent to an activating group) is 1.